The van der Waals surface area contributed by atoms with E-state index in [1.165, 1.54) is 19.3 Å². The molecule has 5 heteroatoms. The molecule has 0 aliphatic rings. The quantitative estimate of drug-likeness (QED) is 0.567. The highest BCUT2D eigenvalue weighted by molar-refractivity contribution is 9.09. The molecule has 1 heterocycles. The van der Waals surface area contributed by atoms with Crippen molar-refractivity contribution in [1.82, 2.24) is 14.7 Å². The van der Waals surface area contributed by atoms with Gasteiger partial charge < -0.3 is 4.90 Å². The first kappa shape index (κ1) is 15.0. The lowest BCUT2D eigenvalue weighted by Crippen LogP contribution is -2.21. The average Bonchev–Trinajstić information content (AvgIpc) is 2.52. The van der Waals surface area contributed by atoms with Crippen molar-refractivity contribution in [2.45, 2.75) is 32.7 Å². The molecule has 1 aromatic heterocycles. The molecular weight excluding hydrogens is 302 g/mol. The predicted octanol–water partition coefficient (Wildman–Crippen LogP) is 3.38. The van der Waals surface area contributed by atoms with Crippen LogP contribution in [0.1, 0.15) is 30.7 Å². The first-order valence-electron chi connectivity index (χ1n) is 5.98. The maximum absolute atomic E-state index is 6.23. The Morgan fingerprint density at radius 3 is 2.59 bits per heavy atom. The zero-order valence-electron chi connectivity index (χ0n) is 10.8. The molecule has 0 radical (unpaired) electrons. The van der Waals surface area contributed by atoms with Crippen LogP contribution in [0.25, 0.3) is 0 Å². The van der Waals surface area contributed by atoms with Gasteiger partial charge in [0.05, 0.1) is 16.4 Å². The SMILES string of the molecule is Cc1nn(C)c(CN(C)CCCCCBr)c1Cl. The minimum atomic E-state index is 0.805. The molecule has 98 valence electrons. The minimum absolute atomic E-state index is 0.805. The molecule has 0 unspecified atom stereocenters. The van der Waals surface area contributed by atoms with Gasteiger partial charge in [0.2, 0.25) is 0 Å². The van der Waals surface area contributed by atoms with Crippen molar-refractivity contribution >= 4 is 27.5 Å². The standard InChI is InChI=1S/C12H21BrClN3/c1-10-12(14)11(17(3)15-10)9-16(2)8-6-4-5-7-13/h4-9H2,1-3H3. The fraction of sp³-hybridized carbons (Fsp3) is 0.750. The summed E-state index contributed by atoms with van der Waals surface area (Å²) in [5, 5.41) is 6.23. The molecule has 0 spiro atoms. The Morgan fingerprint density at radius 1 is 1.35 bits per heavy atom. The molecule has 1 aromatic rings. The summed E-state index contributed by atoms with van der Waals surface area (Å²) >= 11 is 9.68. The third kappa shape index (κ3) is 4.60. The molecule has 0 saturated heterocycles. The Balaban J connectivity index is 2.42. The van der Waals surface area contributed by atoms with Gasteiger partial charge >= 0.3 is 0 Å². The Kier molecular flexibility index (Phi) is 6.52. The second-order valence-corrected chi connectivity index (χ2v) is 5.63. The summed E-state index contributed by atoms with van der Waals surface area (Å²) in [6, 6.07) is 0. The highest BCUT2D eigenvalue weighted by Crippen LogP contribution is 2.20. The van der Waals surface area contributed by atoms with Crippen molar-refractivity contribution in [3.8, 4) is 0 Å². The van der Waals surface area contributed by atoms with Gasteiger partial charge in [-0.3, -0.25) is 4.68 Å². The smallest absolute Gasteiger partial charge is 0.0860 e. The minimum Gasteiger partial charge on any atom is -0.301 e. The fourth-order valence-corrected chi connectivity index (χ4v) is 2.46. The molecule has 0 N–H and O–H groups in total. The molecule has 0 atom stereocenters. The molecule has 0 fully saturated rings. The largest absolute Gasteiger partial charge is 0.301 e. The van der Waals surface area contributed by atoms with E-state index in [4.69, 9.17) is 11.6 Å². The van der Waals surface area contributed by atoms with Crippen molar-refractivity contribution in [1.29, 1.82) is 0 Å². The van der Waals surface area contributed by atoms with Crippen molar-refractivity contribution in [3.63, 3.8) is 0 Å². The van der Waals surface area contributed by atoms with E-state index in [1.807, 2.05) is 18.7 Å². The zero-order valence-corrected chi connectivity index (χ0v) is 13.2. The highest BCUT2D eigenvalue weighted by atomic mass is 79.9. The maximum Gasteiger partial charge on any atom is 0.0860 e. The van der Waals surface area contributed by atoms with Crippen LogP contribution in [0.15, 0.2) is 0 Å². The van der Waals surface area contributed by atoms with Crippen LogP contribution in [-0.2, 0) is 13.6 Å². The van der Waals surface area contributed by atoms with Crippen LogP contribution < -0.4 is 0 Å². The molecular formula is C12H21BrClN3. The van der Waals surface area contributed by atoms with Crippen molar-refractivity contribution in [3.05, 3.63) is 16.4 Å². The van der Waals surface area contributed by atoms with Crippen LogP contribution in [-0.4, -0.2) is 33.6 Å². The van der Waals surface area contributed by atoms with Crippen LogP contribution in [0.5, 0.6) is 0 Å². The van der Waals surface area contributed by atoms with Gasteiger partial charge in [-0.2, -0.15) is 5.10 Å². The third-order valence-corrected chi connectivity index (χ3v) is 3.91. The lowest BCUT2D eigenvalue weighted by atomic mass is 10.2. The fourth-order valence-electron chi connectivity index (χ4n) is 1.84. The van der Waals surface area contributed by atoms with E-state index < -0.39 is 0 Å². The zero-order chi connectivity index (χ0) is 12.8. The van der Waals surface area contributed by atoms with Crippen LogP contribution in [0.2, 0.25) is 5.02 Å². The van der Waals surface area contributed by atoms with Gasteiger partial charge in [0.1, 0.15) is 0 Å². The Bertz CT molecular complexity index is 352. The first-order valence-corrected chi connectivity index (χ1v) is 7.48. The molecule has 0 aliphatic carbocycles. The molecule has 17 heavy (non-hydrogen) atoms. The van der Waals surface area contributed by atoms with Gasteiger partial charge in [-0.1, -0.05) is 34.0 Å². The van der Waals surface area contributed by atoms with E-state index in [-0.39, 0.29) is 0 Å². The van der Waals surface area contributed by atoms with Gasteiger partial charge in [-0.25, -0.2) is 0 Å². The summed E-state index contributed by atoms with van der Waals surface area (Å²) < 4.78 is 1.88. The predicted molar refractivity (Wildman–Crippen MR) is 76.9 cm³/mol. The van der Waals surface area contributed by atoms with Crippen molar-refractivity contribution in [2.75, 3.05) is 18.9 Å². The summed E-state index contributed by atoms with van der Waals surface area (Å²) in [4.78, 5) is 2.30. The van der Waals surface area contributed by atoms with Crippen LogP contribution in [0, 0.1) is 6.92 Å². The lowest BCUT2D eigenvalue weighted by molar-refractivity contribution is 0.309. The van der Waals surface area contributed by atoms with E-state index >= 15 is 0 Å². The molecule has 0 aromatic carbocycles. The number of hydrogen-bond acceptors (Lipinski definition) is 2. The number of halogens is 2. The van der Waals surface area contributed by atoms with Gasteiger partial charge in [0.15, 0.2) is 0 Å². The van der Waals surface area contributed by atoms with Gasteiger partial charge in [-0.05, 0) is 33.4 Å². The van der Waals surface area contributed by atoms with E-state index in [1.54, 1.807) is 0 Å². The summed E-state index contributed by atoms with van der Waals surface area (Å²) in [7, 11) is 4.08. The topological polar surface area (TPSA) is 21.1 Å². The van der Waals surface area contributed by atoms with E-state index in [2.05, 4.69) is 33.0 Å². The Labute approximate surface area is 117 Å². The molecule has 3 nitrogen and oxygen atoms in total. The van der Waals surface area contributed by atoms with Crippen molar-refractivity contribution < 1.29 is 0 Å². The monoisotopic (exact) mass is 321 g/mol. The number of aromatic nitrogens is 2. The molecule has 0 bridgehead atoms. The van der Waals surface area contributed by atoms with E-state index in [0.29, 0.717) is 0 Å². The van der Waals surface area contributed by atoms with E-state index in [9.17, 15) is 0 Å². The average molecular weight is 323 g/mol. The number of aryl methyl sites for hydroxylation is 2. The molecule has 0 aliphatic heterocycles. The van der Waals surface area contributed by atoms with Gasteiger partial charge in [0.25, 0.3) is 0 Å². The number of unbranched alkanes of at least 4 members (excludes halogenated alkanes) is 2. The van der Waals surface area contributed by atoms with Crippen LogP contribution in [0.3, 0.4) is 0 Å². The number of nitrogens with zero attached hydrogens (tertiary/aromatic N) is 3. The van der Waals surface area contributed by atoms with Crippen molar-refractivity contribution in [2.24, 2.45) is 7.05 Å². The second kappa shape index (κ2) is 7.39. The summed E-state index contributed by atoms with van der Waals surface area (Å²) in [6.07, 6.45) is 3.75. The third-order valence-electron chi connectivity index (χ3n) is 2.85. The lowest BCUT2D eigenvalue weighted by Gasteiger charge is -2.16. The molecule has 1 rings (SSSR count). The maximum atomic E-state index is 6.23. The van der Waals surface area contributed by atoms with Crippen LogP contribution >= 0.6 is 27.5 Å². The van der Waals surface area contributed by atoms with Crippen LogP contribution in [0.4, 0.5) is 0 Å². The summed E-state index contributed by atoms with van der Waals surface area (Å²) in [5.41, 5.74) is 2.02. The van der Waals surface area contributed by atoms with Gasteiger partial charge in [-0.15, -0.1) is 0 Å². The first-order chi connectivity index (χ1) is 8.06. The Hall–Kier alpha value is -0.0600. The van der Waals surface area contributed by atoms with Gasteiger partial charge in [0, 0.05) is 18.9 Å². The summed E-state index contributed by atoms with van der Waals surface area (Å²) in [5.74, 6) is 0. The van der Waals surface area contributed by atoms with E-state index in [0.717, 1.165) is 34.8 Å². The normalized spacial score (nSPS) is 11.4. The highest BCUT2D eigenvalue weighted by Gasteiger charge is 2.12. The molecule has 0 amide bonds. The number of hydrogen-bond donors (Lipinski definition) is 0. The molecule has 0 saturated carbocycles. The number of alkyl halides is 1. The Morgan fingerprint density at radius 2 is 2.06 bits per heavy atom. The second-order valence-electron chi connectivity index (χ2n) is 4.46. The number of rotatable bonds is 7. The summed E-state index contributed by atoms with van der Waals surface area (Å²) in [6.45, 7) is 3.92.